The third-order valence-electron chi connectivity index (χ3n) is 3.92. The molecule has 1 aromatic carbocycles. The molecule has 0 radical (unpaired) electrons. The number of aliphatic hydroxyl groups excluding tert-OH is 1. The summed E-state index contributed by atoms with van der Waals surface area (Å²) in [6.45, 7) is 0.400. The van der Waals surface area contributed by atoms with Crippen LogP contribution in [0.3, 0.4) is 0 Å². The maximum Gasteiger partial charge on any atom is 0.315 e. The Bertz CT molecular complexity index is 434. The zero-order valence-corrected chi connectivity index (χ0v) is 12.4. The maximum absolute atomic E-state index is 12.0. The van der Waals surface area contributed by atoms with E-state index in [-0.39, 0.29) is 25.2 Å². The molecule has 0 saturated heterocycles. The number of hydrogen-bond donors (Lipinski definition) is 3. The Balaban J connectivity index is 1.88. The van der Waals surface area contributed by atoms with E-state index in [9.17, 15) is 9.90 Å². The maximum atomic E-state index is 12.0. The highest BCUT2D eigenvalue weighted by Crippen LogP contribution is 2.37. The molecule has 2 rings (SSSR count). The van der Waals surface area contributed by atoms with Crippen LogP contribution >= 0.6 is 0 Å². The van der Waals surface area contributed by atoms with Crippen molar-refractivity contribution >= 4 is 6.03 Å². The fourth-order valence-corrected chi connectivity index (χ4v) is 2.56. The summed E-state index contributed by atoms with van der Waals surface area (Å²) in [6, 6.07) is 9.84. The van der Waals surface area contributed by atoms with Gasteiger partial charge < -0.3 is 20.5 Å². The number of benzene rings is 1. The first-order valence-electron chi connectivity index (χ1n) is 7.47. The summed E-state index contributed by atoms with van der Waals surface area (Å²) in [7, 11) is 1.52. The van der Waals surface area contributed by atoms with Gasteiger partial charge in [0.25, 0.3) is 0 Å². The normalized spacial score (nSPS) is 17.6. The average Bonchev–Trinajstić information content (AvgIpc) is 2.44. The molecule has 116 valence electrons. The number of carbonyl (C=O) groups excluding carboxylic acids is 1. The molecule has 2 atom stereocenters. The molecular weight excluding hydrogens is 268 g/mol. The molecule has 5 heteroatoms. The quantitative estimate of drug-likeness (QED) is 0.718. The molecule has 1 aromatic rings. The molecule has 1 aliphatic rings. The molecule has 2 amide bonds. The first kappa shape index (κ1) is 15.8. The second kappa shape index (κ2) is 8.00. The number of amides is 2. The minimum absolute atomic E-state index is 0.0412. The summed E-state index contributed by atoms with van der Waals surface area (Å²) in [4.78, 5) is 12.0. The van der Waals surface area contributed by atoms with E-state index in [1.165, 1.54) is 13.5 Å². The molecule has 0 aliphatic heterocycles. The molecule has 21 heavy (non-hydrogen) atoms. The van der Waals surface area contributed by atoms with Gasteiger partial charge in [-0.15, -0.1) is 0 Å². The van der Waals surface area contributed by atoms with Gasteiger partial charge in [0.2, 0.25) is 0 Å². The molecule has 1 aliphatic carbocycles. The van der Waals surface area contributed by atoms with Gasteiger partial charge in [-0.25, -0.2) is 4.79 Å². The van der Waals surface area contributed by atoms with Gasteiger partial charge in [0, 0.05) is 13.7 Å². The third-order valence-corrected chi connectivity index (χ3v) is 3.92. The van der Waals surface area contributed by atoms with Gasteiger partial charge in [-0.1, -0.05) is 36.8 Å². The van der Waals surface area contributed by atoms with Crippen LogP contribution in [0.25, 0.3) is 0 Å². The fourth-order valence-electron chi connectivity index (χ4n) is 2.56. The van der Waals surface area contributed by atoms with Gasteiger partial charge in [-0.2, -0.15) is 0 Å². The lowest BCUT2D eigenvalue weighted by Crippen LogP contribution is -2.44. The Hall–Kier alpha value is -1.59. The van der Waals surface area contributed by atoms with Crippen LogP contribution in [0.1, 0.15) is 30.9 Å². The zero-order valence-electron chi connectivity index (χ0n) is 12.4. The van der Waals surface area contributed by atoms with E-state index in [2.05, 4.69) is 10.6 Å². The molecule has 0 spiro atoms. The summed E-state index contributed by atoms with van der Waals surface area (Å²) < 4.78 is 4.83. The molecule has 5 nitrogen and oxygen atoms in total. The second-order valence-electron chi connectivity index (χ2n) is 5.54. The van der Waals surface area contributed by atoms with Gasteiger partial charge in [0.1, 0.15) is 0 Å². The predicted molar refractivity (Wildman–Crippen MR) is 80.9 cm³/mol. The van der Waals surface area contributed by atoms with Crippen molar-refractivity contribution in [2.24, 2.45) is 5.92 Å². The molecule has 0 aromatic heterocycles. The van der Waals surface area contributed by atoms with Crippen LogP contribution in [-0.4, -0.2) is 37.5 Å². The Morgan fingerprint density at radius 3 is 2.67 bits per heavy atom. The Kier molecular flexibility index (Phi) is 6.02. The number of aliphatic hydroxyl groups is 1. The third kappa shape index (κ3) is 4.72. The molecule has 3 N–H and O–H groups in total. The Labute approximate surface area is 125 Å². The van der Waals surface area contributed by atoms with E-state index in [1.54, 1.807) is 0 Å². The monoisotopic (exact) mass is 292 g/mol. The van der Waals surface area contributed by atoms with Crippen molar-refractivity contribution in [3.05, 3.63) is 35.9 Å². The Morgan fingerprint density at radius 1 is 1.38 bits per heavy atom. The van der Waals surface area contributed by atoms with Crippen LogP contribution in [0, 0.1) is 5.92 Å². The van der Waals surface area contributed by atoms with Gasteiger partial charge in [-0.05, 0) is 24.3 Å². The van der Waals surface area contributed by atoms with Crippen molar-refractivity contribution < 1.29 is 14.6 Å². The van der Waals surface area contributed by atoms with Gasteiger partial charge >= 0.3 is 6.03 Å². The smallest absolute Gasteiger partial charge is 0.315 e. The van der Waals surface area contributed by atoms with Crippen LogP contribution in [0.4, 0.5) is 4.79 Å². The topological polar surface area (TPSA) is 70.6 Å². The summed E-state index contributed by atoms with van der Waals surface area (Å²) >= 11 is 0. The van der Waals surface area contributed by atoms with Crippen LogP contribution in [-0.2, 0) is 4.74 Å². The highest BCUT2D eigenvalue weighted by Gasteiger charge is 2.29. The number of nitrogens with one attached hydrogen (secondary N) is 2. The summed E-state index contributed by atoms with van der Waals surface area (Å²) in [5.74, 6) is 0.502. The van der Waals surface area contributed by atoms with E-state index >= 15 is 0 Å². The molecule has 1 fully saturated rings. The van der Waals surface area contributed by atoms with Crippen LogP contribution in [0.5, 0.6) is 0 Å². The molecule has 0 heterocycles. The fraction of sp³-hybridized carbons (Fsp3) is 0.562. The lowest BCUT2D eigenvalue weighted by atomic mass is 9.77. The van der Waals surface area contributed by atoms with Crippen LogP contribution in [0.15, 0.2) is 30.3 Å². The first-order valence-corrected chi connectivity index (χ1v) is 7.47. The first-order chi connectivity index (χ1) is 10.2. The van der Waals surface area contributed by atoms with E-state index < -0.39 is 6.10 Å². The average molecular weight is 292 g/mol. The Morgan fingerprint density at radius 2 is 2.10 bits per heavy atom. The predicted octanol–water partition coefficient (Wildman–Crippen LogP) is 1.83. The van der Waals surface area contributed by atoms with E-state index in [0.717, 1.165) is 18.4 Å². The largest absolute Gasteiger partial charge is 0.389 e. The molecule has 2 unspecified atom stereocenters. The number of ether oxygens (including phenoxy) is 1. The SMILES string of the molecule is COCC(O)CNC(=O)NC(c1ccccc1)C1CCC1. The van der Waals surface area contributed by atoms with Crippen molar-refractivity contribution in [1.82, 2.24) is 10.6 Å². The van der Waals surface area contributed by atoms with Gasteiger partial charge in [-0.3, -0.25) is 0 Å². The van der Waals surface area contributed by atoms with E-state index in [4.69, 9.17) is 4.74 Å². The highest BCUT2D eigenvalue weighted by atomic mass is 16.5. The highest BCUT2D eigenvalue weighted by molar-refractivity contribution is 5.74. The molecule has 0 bridgehead atoms. The zero-order chi connectivity index (χ0) is 15.1. The van der Waals surface area contributed by atoms with Crippen molar-refractivity contribution in [2.45, 2.75) is 31.4 Å². The van der Waals surface area contributed by atoms with Crippen molar-refractivity contribution in [3.63, 3.8) is 0 Å². The van der Waals surface area contributed by atoms with Gasteiger partial charge in [0.15, 0.2) is 0 Å². The lowest BCUT2D eigenvalue weighted by molar-refractivity contribution is 0.0657. The number of carbonyl (C=O) groups is 1. The van der Waals surface area contributed by atoms with E-state index in [1.807, 2.05) is 30.3 Å². The number of urea groups is 1. The molecular formula is C16H24N2O3. The summed E-state index contributed by atoms with van der Waals surface area (Å²) in [6.07, 6.45) is 2.84. The van der Waals surface area contributed by atoms with E-state index in [0.29, 0.717) is 5.92 Å². The van der Waals surface area contributed by atoms with Crippen LogP contribution in [0.2, 0.25) is 0 Å². The summed E-state index contributed by atoms with van der Waals surface area (Å²) in [5.41, 5.74) is 1.13. The number of rotatable bonds is 7. The van der Waals surface area contributed by atoms with Crippen molar-refractivity contribution in [3.8, 4) is 0 Å². The number of hydrogen-bond acceptors (Lipinski definition) is 3. The summed E-state index contributed by atoms with van der Waals surface area (Å²) in [5, 5.41) is 15.3. The van der Waals surface area contributed by atoms with Crippen molar-refractivity contribution in [1.29, 1.82) is 0 Å². The lowest BCUT2D eigenvalue weighted by Gasteiger charge is -2.34. The minimum atomic E-state index is -0.681. The standard InChI is InChI=1S/C16H24N2O3/c1-21-11-14(19)10-17-16(20)18-15(13-8-5-9-13)12-6-3-2-4-7-12/h2-4,6-7,13-15,19H,5,8-11H2,1H3,(H2,17,18,20). The molecule has 1 saturated carbocycles. The van der Waals surface area contributed by atoms with Crippen LogP contribution < -0.4 is 10.6 Å². The van der Waals surface area contributed by atoms with Gasteiger partial charge in [0.05, 0.1) is 18.8 Å². The number of methoxy groups -OCH3 is 1. The van der Waals surface area contributed by atoms with Crippen molar-refractivity contribution in [2.75, 3.05) is 20.3 Å². The minimum Gasteiger partial charge on any atom is -0.389 e. The second-order valence-corrected chi connectivity index (χ2v) is 5.54.